The van der Waals surface area contributed by atoms with E-state index in [0.717, 1.165) is 0 Å². The lowest BCUT2D eigenvalue weighted by Crippen LogP contribution is -3.00. The van der Waals surface area contributed by atoms with Crippen molar-refractivity contribution < 1.29 is 42.4 Å². The van der Waals surface area contributed by atoms with Gasteiger partial charge in [0.05, 0.1) is 17.9 Å². The summed E-state index contributed by atoms with van der Waals surface area (Å²) in [5.41, 5.74) is 4.86. The zero-order valence-corrected chi connectivity index (χ0v) is 17.6. The topological polar surface area (TPSA) is 140 Å². The van der Waals surface area contributed by atoms with E-state index in [1.807, 2.05) is 0 Å². The highest BCUT2D eigenvalue weighted by molar-refractivity contribution is 7.80. The zero-order chi connectivity index (χ0) is 21.4. The number of hydrogen-bond donors (Lipinski definition) is 5. The number of carbonyl (C=O) groups is 4. The van der Waals surface area contributed by atoms with Crippen molar-refractivity contribution in [3.8, 4) is 0 Å². The highest BCUT2D eigenvalue weighted by Gasteiger charge is 2.19. The van der Waals surface area contributed by atoms with Crippen molar-refractivity contribution in [2.75, 3.05) is 16.4 Å². The molecular weight excluding hydrogens is 430 g/mol. The number of carbonyl (C=O) groups excluding carboxylic acids is 3. The van der Waals surface area contributed by atoms with Crippen LogP contribution in [0.25, 0.3) is 0 Å². The van der Waals surface area contributed by atoms with Gasteiger partial charge in [0.1, 0.15) is 0 Å². The summed E-state index contributed by atoms with van der Waals surface area (Å²) in [6, 6.07) is 12.4. The fourth-order valence-corrected chi connectivity index (χ4v) is 2.59. The molecule has 2 aromatic rings. The third-order valence-electron chi connectivity index (χ3n) is 4.00. The Hall–Kier alpha value is -2.88. The van der Waals surface area contributed by atoms with Gasteiger partial charge in [-0.25, -0.2) is 0 Å². The summed E-state index contributed by atoms with van der Waals surface area (Å²) in [6.45, 7) is 0. The number of carboxylic acid groups (broad SMARTS) is 1. The SMILES string of the molecule is [Cl-].[NH3+][C@@H](CS)C(=O)Nc1ccc(NC(=O)CCC(=O)O)c(C(=O)c2ccccc2)c1. The van der Waals surface area contributed by atoms with E-state index in [-0.39, 0.29) is 53.9 Å². The Morgan fingerprint density at radius 2 is 1.67 bits per heavy atom. The first kappa shape index (κ1) is 25.2. The number of nitrogens with one attached hydrogen (secondary N) is 2. The lowest BCUT2D eigenvalue weighted by Gasteiger charge is -2.14. The summed E-state index contributed by atoms with van der Waals surface area (Å²) in [5.74, 6) is -2.06. The van der Waals surface area contributed by atoms with Crippen LogP contribution in [0.4, 0.5) is 11.4 Å². The minimum atomic E-state index is -1.09. The number of halogens is 1. The average molecular weight is 452 g/mol. The van der Waals surface area contributed by atoms with Crippen LogP contribution in [-0.4, -0.2) is 40.5 Å². The van der Waals surface area contributed by atoms with E-state index >= 15 is 0 Å². The van der Waals surface area contributed by atoms with Crippen LogP contribution in [-0.2, 0) is 14.4 Å². The van der Waals surface area contributed by atoms with Gasteiger partial charge in [0, 0.05) is 23.2 Å². The molecular formula is C20H22ClN3O5S. The smallest absolute Gasteiger partial charge is 0.303 e. The zero-order valence-electron chi connectivity index (χ0n) is 15.9. The number of anilines is 2. The minimum absolute atomic E-state index is 0. The third kappa shape index (κ3) is 7.18. The van der Waals surface area contributed by atoms with Gasteiger partial charge >= 0.3 is 5.97 Å². The molecule has 0 aliphatic carbocycles. The Balaban J connectivity index is 0.00000450. The molecule has 6 N–H and O–H groups in total. The molecule has 10 heteroatoms. The molecule has 0 radical (unpaired) electrons. The molecule has 1 atom stereocenters. The molecule has 160 valence electrons. The van der Waals surface area contributed by atoms with E-state index < -0.39 is 17.9 Å². The van der Waals surface area contributed by atoms with Crippen molar-refractivity contribution in [1.82, 2.24) is 0 Å². The molecule has 2 aromatic carbocycles. The van der Waals surface area contributed by atoms with Crippen LogP contribution in [0.3, 0.4) is 0 Å². The highest BCUT2D eigenvalue weighted by atomic mass is 35.5. The quantitative estimate of drug-likeness (QED) is 0.226. The standard InChI is InChI=1S/C20H21N3O5S.ClH/c21-15(11-29)20(28)22-13-6-7-16(23-17(24)8-9-18(25)26)14(10-13)19(27)12-4-2-1-3-5-12;/h1-7,10,15,29H,8-9,11,21H2,(H,22,28)(H,23,24)(H,25,26);1H/t15-;/m0./s1. The second kappa shape index (κ2) is 12.0. The number of benzene rings is 2. The summed E-state index contributed by atoms with van der Waals surface area (Å²) in [5, 5.41) is 14.0. The molecule has 8 nitrogen and oxygen atoms in total. The largest absolute Gasteiger partial charge is 1.00 e. The van der Waals surface area contributed by atoms with Crippen LogP contribution in [0.15, 0.2) is 48.5 Å². The summed E-state index contributed by atoms with van der Waals surface area (Å²) in [7, 11) is 0. The molecule has 0 aliphatic heterocycles. The Kier molecular flexibility index (Phi) is 10.0. The summed E-state index contributed by atoms with van der Waals surface area (Å²) < 4.78 is 0. The average Bonchev–Trinajstić information content (AvgIpc) is 2.72. The predicted molar refractivity (Wildman–Crippen MR) is 111 cm³/mol. The van der Waals surface area contributed by atoms with Crippen molar-refractivity contribution >= 4 is 47.6 Å². The van der Waals surface area contributed by atoms with Gasteiger partial charge < -0.3 is 33.9 Å². The molecule has 0 bridgehead atoms. The van der Waals surface area contributed by atoms with Gasteiger partial charge in [-0.1, -0.05) is 30.3 Å². The molecule has 0 aromatic heterocycles. The van der Waals surface area contributed by atoms with Gasteiger partial charge in [0.25, 0.3) is 5.91 Å². The first-order valence-corrected chi connectivity index (χ1v) is 9.45. The van der Waals surface area contributed by atoms with E-state index in [2.05, 4.69) is 29.0 Å². The maximum Gasteiger partial charge on any atom is 0.303 e. The number of thiol groups is 1. The third-order valence-corrected chi connectivity index (χ3v) is 4.44. The van der Waals surface area contributed by atoms with Gasteiger partial charge in [-0.2, -0.15) is 12.6 Å². The van der Waals surface area contributed by atoms with Crippen LogP contribution in [0, 0.1) is 0 Å². The Morgan fingerprint density at radius 1 is 1.00 bits per heavy atom. The minimum Gasteiger partial charge on any atom is -1.00 e. The van der Waals surface area contributed by atoms with E-state index in [1.54, 1.807) is 30.3 Å². The van der Waals surface area contributed by atoms with E-state index in [4.69, 9.17) is 5.11 Å². The van der Waals surface area contributed by atoms with Gasteiger partial charge in [0.2, 0.25) is 5.91 Å². The van der Waals surface area contributed by atoms with Gasteiger partial charge in [-0.15, -0.1) is 0 Å². The fraction of sp³-hybridized carbons (Fsp3) is 0.200. The monoisotopic (exact) mass is 451 g/mol. The number of ketones is 1. The lowest BCUT2D eigenvalue weighted by atomic mass is 10.0. The summed E-state index contributed by atoms with van der Waals surface area (Å²) >= 11 is 4.04. The lowest BCUT2D eigenvalue weighted by molar-refractivity contribution is -0.395. The van der Waals surface area contributed by atoms with Gasteiger partial charge in [0.15, 0.2) is 11.8 Å². The number of quaternary nitrogens is 1. The number of amides is 2. The van der Waals surface area contributed by atoms with Crippen LogP contribution in [0.5, 0.6) is 0 Å². The van der Waals surface area contributed by atoms with Crippen molar-refractivity contribution in [3.63, 3.8) is 0 Å². The number of carboxylic acids is 1. The molecule has 0 fully saturated rings. The van der Waals surface area contributed by atoms with E-state index in [0.29, 0.717) is 11.3 Å². The molecule has 0 saturated heterocycles. The highest BCUT2D eigenvalue weighted by Crippen LogP contribution is 2.24. The first-order chi connectivity index (χ1) is 13.8. The Bertz CT molecular complexity index is 924. The molecule has 2 rings (SSSR count). The van der Waals surface area contributed by atoms with Crippen molar-refractivity contribution in [1.29, 1.82) is 0 Å². The normalized spacial score (nSPS) is 11.0. The second-order valence-electron chi connectivity index (χ2n) is 6.27. The van der Waals surface area contributed by atoms with Crippen LogP contribution < -0.4 is 28.8 Å². The number of hydrogen-bond acceptors (Lipinski definition) is 5. The fourth-order valence-electron chi connectivity index (χ4n) is 2.42. The molecule has 0 saturated carbocycles. The molecule has 2 amide bonds. The van der Waals surface area contributed by atoms with Crippen LogP contribution in [0.2, 0.25) is 0 Å². The number of rotatable bonds is 9. The molecule has 0 aliphatic rings. The summed E-state index contributed by atoms with van der Waals surface area (Å²) in [6.07, 6.45) is -0.547. The van der Waals surface area contributed by atoms with E-state index in [1.165, 1.54) is 18.2 Å². The molecule has 0 unspecified atom stereocenters. The Morgan fingerprint density at radius 3 is 2.27 bits per heavy atom. The van der Waals surface area contributed by atoms with Crippen molar-refractivity contribution in [2.24, 2.45) is 0 Å². The maximum atomic E-state index is 13.0. The molecule has 30 heavy (non-hydrogen) atoms. The summed E-state index contributed by atoms with van der Waals surface area (Å²) in [4.78, 5) is 47.7. The Labute approximate surface area is 185 Å². The predicted octanol–water partition coefficient (Wildman–Crippen LogP) is -1.80. The van der Waals surface area contributed by atoms with E-state index in [9.17, 15) is 19.2 Å². The molecule has 0 heterocycles. The van der Waals surface area contributed by atoms with Gasteiger partial charge in [-0.05, 0) is 18.2 Å². The van der Waals surface area contributed by atoms with Crippen molar-refractivity contribution in [2.45, 2.75) is 18.9 Å². The number of aliphatic carboxylic acids is 1. The van der Waals surface area contributed by atoms with Gasteiger partial charge in [-0.3, -0.25) is 19.2 Å². The van der Waals surface area contributed by atoms with Crippen LogP contribution >= 0.6 is 12.6 Å². The molecule has 0 spiro atoms. The van der Waals surface area contributed by atoms with Crippen LogP contribution in [0.1, 0.15) is 28.8 Å². The first-order valence-electron chi connectivity index (χ1n) is 8.82. The van der Waals surface area contributed by atoms with Crippen molar-refractivity contribution in [3.05, 3.63) is 59.7 Å². The maximum absolute atomic E-state index is 13.0. The second-order valence-corrected chi connectivity index (χ2v) is 6.63.